The van der Waals surface area contributed by atoms with E-state index in [1.54, 1.807) is 12.2 Å². The third-order valence-corrected chi connectivity index (χ3v) is 4.55. The molecule has 6 nitrogen and oxygen atoms in total. The molecule has 0 radical (unpaired) electrons. The van der Waals surface area contributed by atoms with E-state index >= 15 is 0 Å². The molecule has 0 aromatic heterocycles. The van der Waals surface area contributed by atoms with Gasteiger partial charge in [-0.15, -0.1) is 0 Å². The van der Waals surface area contributed by atoms with Crippen molar-refractivity contribution in [3.63, 3.8) is 0 Å². The summed E-state index contributed by atoms with van der Waals surface area (Å²) < 4.78 is 5.65. The number of ether oxygens (including phenoxy) is 1. The zero-order valence-corrected chi connectivity index (χ0v) is 15.7. The Labute approximate surface area is 156 Å². The van der Waals surface area contributed by atoms with E-state index < -0.39 is 36.5 Å². The molecule has 26 heavy (non-hydrogen) atoms. The maximum absolute atomic E-state index is 10.5. The zero-order chi connectivity index (χ0) is 19.4. The molecule has 0 amide bonds. The topological polar surface area (TPSA) is 107 Å². The quantitative estimate of drug-likeness (QED) is 0.293. The van der Waals surface area contributed by atoms with E-state index in [2.05, 4.69) is 13.0 Å². The minimum absolute atomic E-state index is 0.00776. The van der Waals surface area contributed by atoms with Crippen LogP contribution >= 0.6 is 0 Å². The lowest BCUT2D eigenvalue weighted by molar-refractivity contribution is -0.137. The van der Waals surface area contributed by atoms with Crippen LogP contribution in [0.5, 0.6) is 0 Å². The second kappa shape index (κ2) is 13.0. The van der Waals surface area contributed by atoms with Crippen LogP contribution in [0.25, 0.3) is 0 Å². The monoisotopic (exact) mass is 370 g/mol. The summed E-state index contributed by atoms with van der Waals surface area (Å²) in [5.41, 5.74) is 0. The van der Waals surface area contributed by atoms with Crippen LogP contribution in [0, 0.1) is 0 Å². The minimum Gasteiger partial charge on any atom is -0.481 e. The van der Waals surface area contributed by atoms with Gasteiger partial charge in [0.05, 0.1) is 24.4 Å². The predicted molar refractivity (Wildman–Crippen MR) is 99.8 cm³/mol. The SMILES string of the molecule is CCCCC/C=C\C[C@H](O)/C=C/[C@@H]1O[C@@H]([C@@H](O)CCCC(=O)O)C[C@@H]1O. The highest BCUT2D eigenvalue weighted by Crippen LogP contribution is 2.26. The molecule has 1 aliphatic rings. The first-order chi connectivity index (χ1) is 12.4. The molecule has 4 N–H and O–H groups in total. The van der Waals surface area contributed by atoms with Crippen molar-refractivity contribution in [2.45, 2.75) is 95.2 Å². The number of carbonyl (C=O) groups is 1. The Morgan fingerprint density at radius 2 is 2.00 bits per heavy atom. The molecule has 1 fully saturated rings. The van der Waals surface area contributed by atoms with Gasteiger partial charge in [-0.2, -0.15) is 0 Å². The lowest BCUT2D eigenvalue weighted by Gasteiger charge is -2.17. The normalized spacial score (nSPS) is 25.9. The Bertz CT molecular complexity index is 448. The summed E-state index contributed by atoms with van der Waals surface area (Å²) in [5.74, 6) is -0.890. The number of allylic oxidation sites excluding steroid dienone is 1. The molecule has 1 rings (SSSR count). The molecular formula is C20H34O6. The lowest BCUT2D eigenvalue weighted by Crippen LogP contribution is -2.26. The summed E-state index contributed by atoms with van der Waals surface area (Å²) in [6.07, 6.45) is 10.2. The van der Waals surface area contributed by atoms with Crippen LogP contribution in [-0.2, 0) is 9.53 Å². The van der Waals surface area contributed by atoms with Crippen LogP contribution in [0.4, 0.5) is 0 Å². The third kappa shape index (κ3) is 9.48. The summed E-state index contributed by atoms with van der Waals surface area (Å²) in [5, 5.41) is 38.7. The van der Waals surface area contributed by atoms with E-state index in [1.165, 1.54) is 12.8 Å². The van der Waals surface area contributed by atoms with E-state index in [0.717, 1.165) is 12.8 Å². The van der Waals surface area contributed by atoms with Crippen molar-refractivity contribution < 1.29 is 30.0 Å². The molecule has 0 unspecified atom stereocenters. The van der Waals surface area contributed by atoms with Crippen LogP contribution < -0.4 is 0 Å². The number of rotatable bonds is 13. The van der Waals surface area contributed by atoms with Crippen molar-refractivity contribution in [1.82, 2.24) is 0 Å². The van der Waals surface area contributed by atoms with Gasteiger partial charge in [-0.05, 0) is 32.1 Å². The maximum Gasteiger partial charge on any atom is 0.303 e. The fraction of sp³-hybridized carbons (Fsp3) is 0.750. The molecule has 5 atom stereocenters. The predicted octanol–water partition coefficient (Wildman–Crippen LogP) is 2.56. The van der Waals surface area contributed by atoms with Crippen LogP contribution in [-0.4, -0.2) is 56.9 Å². The average Bonchev–Trinajstić information content (AvgIpc) is 2.96. The zero-order valence-electron chi connectivity index (χ0n) is 15.7. The number of carboxylic acid groups (broad SMARTS) is 1. The van der Waals surface area contributed by atoms with Crippen molar-refractivity contribution in [2.75, 3.05) is 0 Å². The molecule has 150 valence electrons. The van der Waals surface area contributed by atoms with Gasteiger partial charge in [-0.1, -0.05) is 44.1 Å². The molecule has 1 aliphatic heterocycles. The summed E-state index contributed by atoms with van der Waals surface area (Å²) >= 11 is 0. The summed E-state index contributed by atoms with van der Waals surface area (Å²) in [6, 6.07) is 0. The Hall–Kier alpha value is -1.21. The third-order valence-electron chi connectivity index (χ3n) is 4.55. The number of hydrogen-bond donors (Lipinski definition) is 4. The number of aliphatic hydroxyl groups is 3. The van der Waals surface area contributed by atoms with Crippen LogP contribution in [0.3, 0.4) is 0 Å². The molecule has 0 spiro atoms. The number of aliphatic hydroxyl groups excluding tert-OH is 3. The van der Waals surface area contributed by atoms with Gasteiger partial charge in [0.2, 0.25) is 0 Å². The average molecular weight is 370 g/mol. The molecule has 0 bridgehead atoms. The molecule has 6 heteroatoms. The fourth-order valence-corrected chi connectivity index (χ4v) is 2.97. The van der Waals surface area contributed by atoms with Crippen LogP contribution in [0.15, 0.2) is 24.3 Å². The molecule has 0 aromatic rings. The second-order valence-corrected chi connectivity index (χ2v) is 6.95. The summed E-state index contributed by atoms with van der Waals surface area (Å²) in [6.45, 7) is 2.16. The van der Waals surface area contributed by atoms with Crippen molar-refractivity contribution in [3.8, 4) is 0 Å². The van der Waals surface area contributed by atoms with E-state index in [1.807, 2.05) is 6.08 Å². The Balaban J connectivity index is 2.31. The van der Waals surface area contributed by atoms with Gasteiger partial charge in [-0.3, -0.25) is 4.79 Å². The van der Waals surface area contributed by atoms with Gasteiger partial charge in [-0.25, -0.2) is 0 Å². The lowest BCUT2D eigenvalue weighted by atomic mass is 10.0. The van der Waals surface area contributed by atoms with E-state index in [-0.39, 0.29) is 6.42 Å². The first kappa shape index (κ1) is 22.8. The van der Waals surface area contributed by atoms with Crippen molar-refractivity contribution in [1.29, 1.82) is 0 Å². The van der Waals surface area contributed by atoms with Crippen molar-refractivity contribution in [2.24, 2.45) is 0 Å². The Morgan fingerprint density at radius 1 is 1.23 bits per heavy atom. The Kier molecular flexibility index (Phi) is 11.4. The minimum atomic E-state index is -0.890. The second-order valence-electron chi connectivity index (χ2n) is 6.95. The number of aliphatic carboxylic acids is 1. The highest BCUT2D eigenvalue weighted by molar-refractivity contribution is 5.66. The van der Waals surface area contributed by atoms with Gasteiger partial charge in [0.15, 0.2) is 0 Å². The summed E-state index contributed by atoms with van der Waals surface area (Å²) in [7, 11) is 0. The van der Waals surface area contributed by atoms with Gasteiger partial charge in [0.1, 0.15) is 6.10 Å². The van der Waals surface area contributed by atoms with Crippen molar-refractivity contribution in [3.05, 3.63) is 24.3 Å². The van der Waals surface area contributed by atoms with E-state index in [9.17, 15) is 20.1 Å². The molecule has 0 aliphatic carbocycles. The van der Waals surface area contributed by atoms with E-state index in [0.29, 0.717) is 25.7 Å². The maximum atomic E-state index is 10.5. The highest BCUT2D eigenvalue weighted by atomic mass is 16.5. The molecular weight excluding hydrogens is 336 g/mol. The first-order valence-corrected chi connectivity index (χ1v) is 9.68. The highest BCUT2D eigenvalue weighted by Gasteiger charge is 2.36. The van der Waals surface area contributed by atoms with Crippen molar-refractivity contribution >= 4 is 5.97 Å². The molecule has 1 heterocycles. The van der Waals surface area contributed by atoms with Gasteiger partial charge in [0, 0.05) is 12.8 Å². The van der Waals surface area contributed by atoms with Gasteiger partial charge < -0.3 is 25.2 Å². The van der Waals surface area contributed by atoms with Crippen LogP contribution in [0.2, 0.25) is 0 Å². The number of carboxylic acids is 1. The van der Waals surface area contributed by atoms with Gasteiger partial charge in [0.25, 0.3) is 0 Å². The number of hydrogen-bond acceptors (Lipinski definition) is 5. The van der Waals surface area contributed by atoms with E-state index in [4.69, 9.17) is 9.84 Å². The first-order valence-electron chi connectivity index (χ1n) is 9.68. The Morgan fingerprint density at radius 3 is 2.69 bits per heavy atom. The standard InChI is InChI=1S/C20H34O6/c1-2-3-4-5-6-7-9-15(21)12-13-18-17(23)14-19(26-18)16(22)10-8-11-20(24)25/h6-7,12-13,15-19,21-23H,2-5,8-11,14H2,1H3,(H,24,25)/b7-6-,13-12+/t15-,16-,17-,18-,19+/m0/s1. The van der Waals surface area contributed by atoms with Gasteiger partial charge >= 0.3 is 5.97 Å². The molecule has 1 saturated heterocycles. The largest absolute Gasteiger partial charge is 0.481 e. The molecule has 0 aromatic carbocycles. The molecule has 0 saturated carbocycles. The number of unbranched alkanes of at least 4 members (excludes halogenated alkanes) is 3. The summed E-state index contributed by atoms with van der Waals surface area (Å²) in [4.78, 5) is 10.5. The van der Waals surface area contributed by atoms with Crippen LogP contribution in [0.1, 0.15) is 64.7 Å². The fourth-order valence-electron chi connectivity index (χ4n) is 2.97. The smallest absolute Gasteiger partial charge is 0.303 e.